The molecule has 0 aliphatic carbocycles. The number of ether oxygens (including phenoxy) is 2. The molecule has 2 aromatic rings. The van der Waals surface area contributed by atoms with Crippen LogP contribution in [0.25, 0.3) is 10.9 Å². The molecule has 2 aromatic heterocycles. The first kappa shape index (κ1) is 24.2. The highest BCUT2D eigenvalue weighted by molar-refractivity contribution is 7.90. The summed E-state index contributed by atoms with van der Waals surface area (Å²) in [6.07, 6.45) is 0.413. The lowest BCUT2D eigenvalue weighted by molar-refractivity contribution is 0.0219. The van der Waals surface area contributed by atoms with Crippen LogP contribution in [0.15, 0.2) is 5.16 Å². The van der Waals surface area contributed by atoms with Gasteiger partial charge in [0.1, 0.15) is 22.3 Å². The summed E-state index contributed by atoms with van der Waals surface area (Å²) in [7, 11) is -3.86. The van der Waals surface area contributed by atoms with E-state index in [2.05, 4.69) is 20.3 Å². The molecule has 1 atom stereocenters. The second kappa shape index (κ2) is 8.81. The molecule has 1 amide bonds. The van der Waals surface area contributed by atoms with Gasteiger partial charge in [0.2, 0.25) is 20.9 Å². The van der Waals surface area contributed by atoms with E-state index in [0.29, 0.717) is 6.54 Å². The molecule has 0 fully saturated rings. The normalized spacial score (nSPS) is 17.8. The van der Waals surface area contributed by atoms with Gasteiger partial charge >= 0.3 is 6.09 Å². The van der Waals surface area contributed by atoms with Gasteiger partial charge < -0.3 is 19.7 Å². The lowest BCUT2D eigenvalue weighted by Gasteiger charge is -2.29. The number of halogens is 2. The van der Waals surface area contributed by atoms with Crippen molar-refractivity contribution in [3.63, 3.8) is 0 Å². The van der Waals surface area contributed by atoms with Crippen molar-refractivity contribution in [3.8, 4) is 5.88 Å². The monoisotopic (exact) mass is 489 g/mol. The maximum atomic E-state index is 14.8. The van der Waals surface area contributed by atoms with Gasteiger partial charge in [-0.2, -0.15) is 4.98 Å². The van der Waals surface area contributed by atoms with E-state index in [1.165, 1.54) is 4.90 Å². The smallest absolute Gasteiger partial charge is 0.410 e. The van der Waals surface area contributed by atoms with E-state index < -0.39 is 37.7 Å². The predicted molar refractivity (Wildman–Crippen MR) is 116 cm³/mol. The van der Waals surface area contributed by atoms with E-state index in [4.69, 9.17) is 21.1 Å². The molecule has 176 valence electrons. The number of hydrogen-bond acceptors (Lipinski definition) is 9. The van der Waals surface area contributed by atoms with Crippen LogP contribution in [-0.2, 0) is 14.6 Å². The number of hydrogen-bond donors (Lipinski definition) is 1. The van der Waals surface area contributed by atoms with Crippen LogP contribution >= 0.6 is 11.6 Å². The van der Waals surface area contributed by atoms with Gasteiger partial charge in [0.15, 0.2) is 11.0 Å². The van der Waals surface area contributed by atoms with Gasteiger partial charge in [-0.05, 0) is 20.8 Å². The Morgan fingerprint density at radius 2 is 2.00 bits per heavy atom. The predicted octanol–water partition coefficient (Wildman–Crippen LogP) is 2.90. The zero-order valence-electron chi connectivity index (χ0n) is 18.4. The lowest BCUT2D eigenvalue weighted by Crippen LogP contribution is -2.42. The maximum Gasteiger partial charge on any atom is 0.410 e. The molecule has 1 aliphatic heterocycles. The summed E-state index contributed by atoms with van der Waals surface area (Å²) >= 11 is 5.91. The van der Waals surface area contributed by atoms with Gasteiger partial charge in [-0.15, -0.1) is 0 Å². The van der Waals surface area contributed by atoms with Gasteiger partial charge in [-0.1, -0.05) is 18.5 Å². The van der Waals surface area contributed by atoms with Crippen LogP contribution in [0, 0.1) is 11.7 Å². The van der Waals surface area contributed by atoms with Crippen molar-refractivity contribution >= 4 is 44.3 Å². The van der Waals surface area contributed by atoms with E-state index >= 15 is 0 Å². The van der Waals surface area contributed by atoms with Gasteiger partial charge in [0, 0.05) is 31.8 Å². The van der Waals surface area contributed by atoms with E-state index in [1.54, 1.807) is 20.8 Å². The number of pyridine rings is 1. The van der Waals surface area contributed by atoms with Crippen molar-refractivity contribution in [2.24, 2.45) is 5.92 Å². The summed E-state index contributed by atoms with van der Waals surface area (Å²) in [6.45, 7) is 8.02. The van der Waals surface area contributed by atoms with Crippen LogP contribution in [0.5, 0.6) is 5.88 Å². The van der Waals surface area contributed by atoms with Crippen LogP contribution < -0.4 is 10.1 Å². The molecule has 0 saturated carbocycles. The fourth-order valence-electron chi connectivity index (χ4n) is 3.03. The summed E-state index contributed by atoms with van der Waals surface area (Å²) in [4.78, 5) is 26.0. The van der Waals surface area contributed by atoms with Crippen molar-refractivity contribution < 1.29 is 27.1 Å². The third-order valence-electron chi connectivity index (χ3n) is 4.39. The number of carbonyl (C=O) groups excluding carboxylic acids is 1. The van der Waals surface area contributed by atoms with E-state index in [1.807, 2.05) is 6.92 Å². The van der Waals surface area contributed by atoms with Crippen LogP contribution in [0.1, 0.15) is 27.7 Å². The van der Waals surface area contributed by atoms with E-state index in [-0.39, 0.29) is 48.2 Å². The summed E-state index contributed by atoms with van der Waals surface area (Å²) in [5.41, 5.74) is -0.998. The Hall–Kier alpha value is -2.47. The minimum absolute atomic E-state index is 0.00665. The van der Waals surface area contributed by atoms with E-state index in [9.17, 15) is 17.6 Å². The Kier molecular flexibility index (Phi) is 6.66. The standard InChI is InChI=1S/C19H25ClFN5O5S/c1-10-8-26(18(27)31-19(2,3)4)7-6-22-15-11-13(23-17(25-15)32(5,28)29)12(21)14(20)24-16(11)30-9-10/h10H,6-9H2,1-5H3,(H,22,23,25). The first-order valence-corrected chi connectivity index (χ1v) is 12.1. The van der Waals surface area contributed by atoms with Gasteiger partial charge in [-0.25, -0.2) is 27.6 Å². The highest BCUT2D eigenvalue weighted by Crippen LogP contribution is 2.34. The summed E-state index contributed by atoms with van der Waals surface area (Å²) in [5.74, 6) is -1.15. The first-order chi connectivity index (χ1) is 14.8. The van der Waals surface area contributed by atoms with Gasteiger partial charge in [-0.3, -0.25) is 0 Å². The zero-order valence-corrected chi connectivity index (χ0v) is 20.0. The molecule has 32 heavy (non-hydrogen) atoms. The second-order valence-electron chi connectivity index (χ2n) is 8.64. The number of carbonyl (C=O) groups is 1. The zero-order chi connectivity index (χ0) is 23.8. The van der Waals surface area contributed by atoms with Crippen molar-refractivity contribution in [3.05, 3.63) is 11.0 Å². The third-order valence-corrected chi connectivity index (χ3v) is 5.48. The molecule has 0 saturated heterocycles. The Morgan fingerprint density at radius 1 is 1.31 bits per heavy atom. The Morgan fingerprint density at radius 3 is 2.62 bits per heavy atom. The molecule has 1 N–H and O–H groups in total. The Labute approximate surface area is 190 Å². The van der Waals surface area contributed by atoms with Crippen molar-refractivity contribution in [1.82, 2.24) is 19.9 Å². The average Bonchev–Trinajstić information content (AvgIpc) is 2.68. The number of sulfone groups is 1. The van der Waals surface area contributed by atoms with Crippen LogP contribution in [-0.4, -0.2) is 72.5 Å². The average molecular weight is 490 g/mol. The minimum Gasteiger partial charge on any atom is -0.477 e. The van der Waals surface area contributed by atoms with E-state index in [0.717, 1.165) is 6.26 Å². The fraction of sp³-hybridized carbons (Fsp3) is 0.579. The number of nitrogens with one attached hydrogen (secondary N) is 1. The molecule has 0 radical (unpaired) electrons. The van der Waals surface area contributed by atoms with Gasteiger partial charge in [0.25, 0.3) is 0 Å². The minimum atomic E-state index is -3.86. The molecule has 1 aliphatic rings. The Balaban J connectivity index is 2.08. The second-order valence-corrected chi connectivity index (χ2v) is 10.9. The number of aromatic nitrogens is 3. The number of rotatable bonds is 1. The first-order valence-electron chi connectivity index (χ1n) is 9.87. The number of anilines is 1. The number of nitrogens with zero attached hydrogens (tertiary/aromatic N) is 4. The summed E-state index contributed by atoms with van der Waals surface area (Å²) < 4.78 is 50.1. The maximum absolute atomic E-state index is 14.8. The molecule has 0 aromatic carbocycles. The number of amides is 1. The fourth-order valence-corrected chi connectivity index (χ4v) is 3.72. The molecule has 13 heteroatoms. The molecule has 3 rings (SSSR count). The summed E-state index contributed by atoms with van der Waals surface area (Å²) in [5, 5.41) is 1.94. The van der Waals surface area contributed by atoms with Crippen LogP contribution in [0.3, 0.4) is 0 Å². The quantitative estimate of drug-likeness (QED) is 0.475. The largest absolute Gasteiger partial charge is 0.477 e. The molecular weight excluding hydrogens is 465 g/mol. The highest BCUT2D eigenvalue weighted by atomic mass is 35.5. The lowest BCUT2D eigenvalue weighted by atomic mass is 10.2. The molecule has 0 spiro atoms. The molecule has 3 heterocycles. The van der Waals surface area contributed by atoms with Crippen LogP contribution in [0.4, 0.5) is 15.0 Å². The van der Waals surface area contributed by atoms with Crippen LogP contribution in [0.2, 0.25) is 5.15 Å². The molecule has 10 nitrogen and oxygen atoms in total. The van der Waals surface area contributed by atoms with Crippen molar-refractivity contribution in [2.75, 3.05) is 37.8 Å². The van der Waals surface area contributed by atoms with Crippen molar-refractivity contribution in [1.29, 1.82) is 0 Å². The van der Waals surface area contributed by atoms with Crippen molar-refractivity contribution in [2.45, 2.75) is 38.5 Å². The molecule has 0 bridgehead atoms. The SMILES string of the molecule is CC1COc2nc(Cl)c(F)c3nc(S(C)(=O)=O)nc(c23)NCCN(C(=O)OC(C)(C)C)C1. The third kappa shape index (κ3) is 5.47. The van der Waals surface area contributed by atoms with Gasteiger partial charge in [0.05, 0.1) is 6.61 Å². The molecular formula is C19H25ClFN5O5S. The Bertz CT molecular complexity index is 1160. The summed E-state index contributed by atoms with van der Waals surface area (Å²) in [6, 6.07) is 0. The topological polar surface area (TPSA) is 124 Å². The molecule has 1 unspecified atom stereocenters. The highest BCUT2D eigenvalue weighted by Gasteiger charge is 2.27.